The van der Waals surface area contributed by atoms with Crippen LogP contribution in [0.1, 0.15) is 36.7 Å². The number of halogens is 6. The number of carbonyl (C=O) groups is 3. The Balaban J connectivity index is 0.000000528. The van der Waals surface area contributed by atoms with Gasteiger partial charge in [0, 0.05) is 23.5 Å². The summed E-state index contributed by atoms with van der Waals surface area (Å²) >= 11 is 0. The number of benzene rings is 1. The molecule has 0 spiro atoms. The largest absolute Gasteiger partial charge is 0.490 e. The van der Waals surface area contributed by atoms with E-state index in [9.17, 15) is 31.1 Å². The first-order chi connectivity index (χ1) is 19.5. The van der Waals surface area contributed by atoms with Crippen LogP contribution in [0.5, 0.6) is 0 Å². The van der Waals surface area contributed by atoms with Crippen molar-refractivity contribution in [2.75, 3.05) is 5.32 Å². The van der Waals surface area contributed by atoms with Crippen LogP contribution in [0.4, 0.5) is 32.2 Å². The SMILES string of the molecule is CC(C)(C)c1ccc(C(=O)Nc2cn3nc(-c4cncnc4)ccc3n2)cc1.FC(F)F.O=C(O)C(F)(F)F.O=CO. The maximum Gasteiger partial charge on any atom is 0.490 e. The van der Waals surface area contributed by atoms with Gasteiger partial charge in [-0.15, -0.1) is 0 Å². The van der Waals surface area contributed by atoms with Crippen molar-refractivity contribution >= 4 is 29.8 Å². The predicted octanol–water partition coefficient (Wildman–Crippen LogP) is 5.25. The van der Waals surface area contributed by atoms with Crippen molar-refractivity contribution in [3.63, 3.8) is 0 Å². The van der Waals surface area contributed by atoms with E-state index in [2.05, 4.69) is 46.1 Å². The van der Waals surface area contributed by atoms with Crippen molar-refractivity contribution in [3.8, 4) is 11.3 Å². The highest BCUT2D eigenvalue weighted by atomic mass is 19.4. The van der Waals surface area contributed by atoms with Crippen molar-refractivity contribution in [2.45, 2.75) is 39.0 Å². The molecule has 3 aromatic heterocycles. The topological polar surface area (TPSA) is 160 Å². The van der Waals surface area contributed by atoms with Crippen molar-refractivity contribution in [1.29, 1.82) is 0 Å². The van der Waals surface area contributed by atoms with Crippen LogP contribution in [0, 0.1) is 0 Å². The van der Waals surface area contributed by atoms with Crippen LogP contribution in [-0.2, 0) is 15.0 Å². The van der Waals surface area contributed by atoms with Crippen LogP contribution in [0.2, 0.25) is 0 Å². The lowest BCUT2D eigenvalue weighted by atomic mass is 9.87. The molecule has 0 unspecified atom stereocenters. The van der Waals surface area contributed by atoms with Gasteiger partial charge in [-0.3, -0.25) is 9.59 Å². The zero-order chi connectivity index (χ0) is 32.1. The third-order valence-electron chi connectivity index (χ3n) is 4.67. The van der Waals surface area contributed by atoms with Gasteiger partial charge >= 0.3 is 18.8 Å². The summed E-state index contributed by atoms with van der Waals surface area (Å²) in [6, 6.07) is 11.3. The molecule has 4 rings (SSSR count). The quantitative estimate of drug-likeness (QED) is 0.210. The Morgan fingerprint density at radius 2 is 1.48 bits per heavy atom. The number of aliphatic carboxylic acids is 1. The molecule has 42 heavy (non-hydrogen) atoms. The van der Waals surface area contributed by atoms with Gasteiger partial charge in [-0.05, 0) is 35.2 Å². The molecule has 0 saturated heterocycles. The molecule has 0 aliphatic rings. The van der Waals surface area contributed by atoms with Gasteiger partial charge in [0.05, 0.1) is 11.9 Å². The molecule has 226 valence electrons. The number of amides is 1. The second-order valence-electron chi connectivity index (χ2n) is 8.71. The average molecular weight is 602 g/mol. The van der Waals surface area contributed by atoms with Crippen LogP contribution >= 0.6 is 0 Å². The fourth-order valence-corrected chi connectivity index (χ4v) is 2.84. The zero-order valence-electron chi connectivity index (χ0n) is 22.1. The van der Waals surface area contributed by atoms with E-state index in [1.165, 1.54) is 11.9 Å². The molecule has 0 bridgehead atoms. The normalized spacial score (nSPS) is 10.7. The maximum atomic E-state index is 12.5. The van der Waals surface area contributed by atoms with E-state index in [-0.39, 0.29) is 17.8 Å². The monoisotopic (exact) mass is 602 g/mol. The number of nitrogens with zero attached hydrogens (tertiary/aromatic N) is 5. The number of carbonyl (C=O) groups excluding carboxylic acids is 1. The third-order valence-corrected chi connectivity index (χ3v) is 4.67. The second-order valence-corrected chi connectivity index (χ2v) is 8.71. The van der Waals surface area contributed by atoms with E-state index in [4.69, 9.17) is 19.8 Å². The van der Waals surface area contributed by atoms with E-state index < -0.39 is 18.8 Å². The summed E-state index contributed by atoms with van der Waals surface area (Å²) in [6.07, 6.45) is 1.47. The molecule has 0 aliphatic carbocycles. The average Bonchev–Trinajstić information content (AvgIpc) is 3.30. The molecule has 11 nitrogen and oxygen atoms in total. The smallest absolute Gasteiger partial charge is 0.483 e. The molecule has 0 saturated carbocycles. The Labute approximate surface area is 233 Å². The maximum absolute atomic E-state index is 12.5. The first-order valence-electron chi connectivity index (χ1n) is 11.3. The van der Waals surface area contributed by atoms with Gasteiger partial charge in [-0.2, -0.15) is 31.4 Å². The predicted molar refractivity (Wildman–Crippen MR) is 137 cm³/mol. The van der Waals surface area contributed by atoms with E-state index in [0.717, 1.165) is 11.3 Å². The van der Waals surface area contributed by atoms with Gasteiger partial charge in [0.1, 0.15) is 6.33 Å². The molecule has 4 aromatic rings. The summed E-state index contributed by atoms with van der Waals surface area (Å²) in [5.74, 6) is -2.52. The van der Waals surface area contributed by atoms with Gasteiger partial charge in [-0.25, -0.2) is 24.3 Å². The number of hydrogen-bond donors (Lipinski definition) is 3. The number of hydrogen-bond acceptors (Lipinski definition) is 7. The van der Waals surface area contributed by atoms with E-state index in [0.29, 0.717) is 17.0 Å². The third kappa shape index (κ3) is 12.0. The minimum absolute atomic E-state index is 0.0454. The number of alkyl halides is 6. The zero-order valence-corrected chi connectivity index (χ0v) is 22.1. The summed E-state index contributed by atoms with van der Waals surface area (Å²) in [6.45, 7) is 2.50. The highest BCUT2D eigenvalue weighted by molar-refractivity contribution is 6.03. The van der Waals surface area contributed by atoms with Gasteiger partial charge < -0.3 is 15.5 Å². The number of imidazole rings is 1. The lowest BCUT2D eigenvalue weighted by Gasteiger charge is -2.18. The van der Waals surface area contributed by atoms with E-state index in [1.807, 2.05) is 36.4 Å². The molecule has 3 heterocycles. The fourth-order valence-electron chi connectivity index (χ4n) is 2.84. The van der Waals surface area contributed by atoms with Gasteiger partial charge in [0.2, 0.25) is 0 Å². The summed E-state index contributed by atoms with van der Waals surface area (Å²) < 4.78 is 62.4. The van der Waals surface area contributed by atoms with Crippen molar-refractivity contribution in [2.24, 2.45) is 0 Å². The molecule has 1 amide bonds. The first kappa shape index (κ1) is 34.9. The van der Waals surface area contributed by atoms with Crippen molar-refractivity contribution in [1.82, 2.24) is 24.6 Å². The van der Waals surface area contributed by atoms with Crippen LogP contribution < -0.4 is 5.32 Å². The van der Waals surface area contributed by atoms with Gasteiger partial charge in [0.15, 0.2) is 11.5 Å². The molecule has 0 aliphatic heterocycles. The van der Waals surface area contributed by atoms with E-state index in [1.54, 1.807) is 23.1 Å². The minimum atomic E-state index is -5.08. The number of carboxylic acid groups (broad SMARTS) is 2. The number of aromatic nitrogens is 5. The van der Waals surface area contributed by atoms with Gasteiger partial charge in [0.25, 0.3) is 12.4 Å². The Kier molecular flexibility index (Phi) is 13.0. The van der Waals surface area contributed by atoms with Crippen molar-refractivity contribution in [3.05, 3.63) is 72.4 Å². The Morgan fingerprint density at radius 1 is 0.976 bits per heavy atom. The molecular formula is C25H24F6N6O5. The lowest BCUT2D eigenvalue weighted by Crippen LogP contribution is -2.21. The molecule has 3 N–H and O–H groups in total. The molecule has 0 atom stereocenters. The number of anilines is 1. The Hall–Kier alpha value is -5.09. The molecule has 0 fully saturated rings. The van der Waals surface area contributed by atoms with Crippen LogP contribution in [0.15, 0.2) is 61.3 Å². The number of nitrogens with one attached hydrogen (secondary N) is 1. The van der Waals surface area contributed by atoms with Gasteiger partial charge in [-0.1, -0.05) is 32.9 Å². The molecular weight excluding hydrogens is 578 g/mol. The van der Waals surface area contributed by atoms with Crippen LogP contribution in [-0.4, -0.2) is 66.0 Å². The minimum Gasteiger partial charge on any atom is -0.483 e. The van der Waals surface area contributed by atoms with Crippen molar-refractivity contribution < 1.29 is 50.9 Å². The lowest BCUT2D eigenvalue weighted by molar-refractivity contribution is -0.192. The highest BCUT2D eigenvalue weighted by Crippen LogP contribution is 2.23. The molecule has 1 aromatic carbocycles. The number of carboxylic acids is 1. The van der Waals surface area contributed by atoms with Crippen LogP contribution in [0.25, 0.3) is 16.9 Å². The number of rotatable bonds is 3. The summed E-state index contributed by atoms with van der Waals surface area (Å²) in [5, 5.41) is 21.4. The standard InChI is InChI=1S/C21H20N6O.C2HF3O2.CHF3.CH2O2/c1-21(2,3)16-6-4-14(5-7-16)20(28)25-18-12-27-19(24-18)9-8-17(26-27)15-10-22-13-23-11-15;3-2(4,5)1(6)7;2-1(3)4;2-1-3/h4-13H,1-3H3,(H,25,28);(H,6,7);1H;1H,(H,2,3). The first-order valence-corrected chi connectivity index (χ1v) is 11.3. The molecule has 17 heteroatoms. The highest BCUT2D eigenvalue weighted by Gasteiger charge is 2.38. The summed E-state index contributed by atoms with van der Waals surface area (Å²) in [5.41, 5.74) is 3.98. The summed E-state index contributed by atoms with van der Waals surface area (Å²) in [7, 11) is 0. The number of fused-ring (bicyclic) bond motifs is 1. The fraction of sp³-hybridized carbons (Fsp3) is 0.240. The Bertz CT molecular complexity index is 1440. The van der Waals surface area contributed by atoms with Crippen LogP contribution in [0.3, 0.4) is 0 Å². The summed E-state index contributed by atoms with van der Waals surface area (Å²) in [4.78, 5) is 42.2. The van der Waals surface area contributed by atoms with E-state index >= 15 is 0 Å². The molecule has 0 radical (unpaired) electrons. The second kappa shape index (κ2) is 15.6. The Morgan fingerprint density at radius 3 is 1.93 bits per heavy atom.